The van der Waals surface area contributed by atoms with Crippen LogP contribution < -0.4 is 11.1 Å². The van der Waals surface area contributed by atoms with Crippen LogP contribution in [0.15, 0.2) is 0 Å². The van der Waals surface area contributed by atoms with Gasteiger partial charge in [0.15, 0.2) is 5.13 Å². The Morgan fingerprint density at radius 2 is 2.18 bits per heavy atom. The van der Waals surface area contributed by atoms with E-state index in [1.165, 1.54) is 23.4 Å². The highest BCUT2D eigenvalue weighted by Gasteiger charge is 2.48. The molecule has 2 aliphatic carbocycles. The van der Waals surface area contributed by atoms with E-state index in [1.54, 1.807) is 11.3 Å². The van der Waals surface area contributed by atoms with Crippen molar-refractivity contribution in [1.29, 1.82) is 0 Å². The van der Waals surface area contributed by atoms with E-state index in [2.05, 4.69) is 10.3 Å². The van der Waals surface area contributed by atoms with Crippen LogP contribution in [0.1, 0.15) is 36.3 Å². The number of carbonyl (C=O) groups is 1. The standard InChI is InChI=1S/C12H17N3OS/c13-7-12(5-6-12)10(16)15-11-14-8-3-1-2-4-9(8)17-11/h1-7,13H2,(H,14,15,16). The van der Waals surface area contributed by atoms with Crippen LogP contribution in [0.2, 0.25) is 0 Å². The largest absolute Gasteiger partial charge is 0.329 e. The van der Waals surface area contributed by atoms with E-state index in [1.807, 2.05) is 0 Å². The molecule has 4 nitrogen and oxygen atoms in total. The van der Waals surface area contributed by atoms with Crippen LogP contribution in [0.5, 0.6) is 0 Å². The summed E-state index contributed by atoms with van der Waals surface area (Å²) in [5, 5.41) is 3.71. The molecule has 0 aromatic carbocycles. The highest BCUT2D eigenvalue weighted by atomic mass is 32.1. The molecule has 1 aromatic rings. The molecule has 1 amide bonds. The summed E-state index contributed by atoms with van der Waals surface area (Å²) in [6.45, 7) is 0.448. The summed E-state index contributed by atoms with van der Waals surface area (Å²) in [7, 11) is 0. The molecule has 1 heterocycles. The Labute approximate surface area is 105 Å². The summed E-state index contributed by atoms with van der Waals surface area (Å²) >= 11 is 1.63. The lowest BCUT2D eigenvalue weighted by Crippen LogP contribution is -2.30. The summed E-state index contributed by atoms with van der Waals surface area (Å²) in [4.78, 5) is 17.9. The van der Waals surface area contributed by atoms with Crippen molar-refractivity contribution in [3.05, 3.63) is 10.6 Å². The molecule has 0 saturated heterocycles. The van der Waals surface area contributed by atoms with Crippen LogP contribution >= 0.6 is 11.3 Å². The van der Waals surface area contributed by atoms with Crippen LogP contribution in [0, 0.1) is 5.41 Å². The topological polar surface area (TPSA) is 68.0 Å². The van der Waals surface area contributed by atoms with Gasteiger partial charge in [-0.05, 0) is 38.5 Å². The van der Waals surface area contributed by atoms with E-state index >= 15 is 0 Å². The molecule has 3 N–H and O–H groups in total. The molecular formula is C12H17N3OS. The van der Waals surface area contributed by atoms with Gasteiger partial charge in [-0.1, -0.05) is 0 Å². The predicted octanol–water partition coefficient (Wildman–Crippen LogP) is 1.70. The second-order valence-corrected chi connectivity index (χ2v) is 6.12. The molecule has 0 radical (unpaired) electrons. The Kier molecular flexibility index (Phi) is 2.67. The molecular weight excluding hydrogens is 234 g/mol. The first kappa shape index (κ1) is 11.2. The van der Waals surface area contributed by atoms with E-state index < -0.39 is 0 Å². The normalized spacial score (nSPS) is 20.8. The maximum absolute atomic E-state index is 12.0. The van der Waals surface area contributed by atoms with Crippen LogP contribution in [0.25, 0.3) is 0 Å². The molecule has 92 valence electrons. The summed E-state index contributed by atoms with van der Waals surface area (Å²) in [6, 6.07) is 0. The molecule has 3 rings (SSSR count). The van der Waals surface area contributed by atoms with Crippen LogP contribution in [0.3, 0.4) is 0 Å². The average molecular weight is 251 g/mol. The number of carbonyl (C=O) groups excluding carboxylic acids is 1. The zero-order chi connectivity index (χ0) is 11.9. The van der Waals surface area contributed by atoms with Gasteiger partial charge in [0.25, 0.3) is 0 Å². The van der Waals surface area contributed by atoms with E-state index in [0.717, 1.165) is 30.8 Å². The molecule has 1 saturated carbocycles. The lowest BCUT2D eigenvalue weighted by atomic mass is 10.0. The van der Waals surface area contributed by atoms with Crippen LogP contribution in [-0.2, 0) is 17.6 Å². The third kappa shape index (κ3) is 1.98. The van der Waals surface area contributed by atoms with Gasteiger partial charge < -0.3 is 11.1 Å². The third-order valence-corrected chi connectivity index (χ3v) is 4.86. The molecule has 0 aliphatic heterocycles. The molecule has 1 aromatic heterocycles. The summed E-state index contributed by atoms with van der Waals surface area (Å²) in [5.41, 5.74) is 6.55. The van der Waals surface area contributed by atoms with E-state index in [9.17, 15) is 4.79 Å². The van der Waals surface area contributed by atoms with E-state index in [-0.39, 0.29) is 11.3 Å². The number of nitrogens with zero attached hydrogens (tertiary/aromatic N) is 1. The lowest BCUT2D eigenvalue weighted by Gasteiger charge is -2.10. The fourth-order valence-corrected chi connectivity index (χ4v) is 3.35. The maximum Gasteiger partial charge on any atom is 0.233 e. The zero-order valence-corrected chi connectivity index (χ0v) is 10.6. The number of nitrogens with one attached hydrogen (secondary N) is 1. The van der Waals surface area contributed by atoms with Gasteiger partial charge in [-0.25, -0.2) is 4.98 Å². The van der Waals surface area contributed by atoms with Crippen LogP contribution in [0.4, 0.5) is 5.13 Å². The fourth-order valence-electron chi connectivity index (χ4n) is 2.31. The number of hydrogen-bond donors (Lipinski definition) is 2. The quantitative estimate of drug-likeness (QED) is 0.859. The minimum atomic E-state index is -0.286. The number of thiazole rings is 1. The van der Waals surface area contributed by atoms with Gasteiger partial charge in [0.05, 0.1) is 11.1 Å². The van der Waals surface area contributed by atoms with Crippen molar-refractivity contribution >= 4 is 22.4 Å². The maximum atomic E-state index is 12.0. The molecule has 0 atom stereocenters. The lowest BCUT2D eigenvalue weighted by molar-refractivity contribution is -0.120. The summed E-state index contributed by atoms with van der Waals surface area (Å²) < 4.78 is 0. The fraction of sp³-hybridized carbons (Fsp3) is 0.667. The molecule has 1 fully saturated rings. The highest BCUT2D eigenvalue weighted by Crippen LogP contribution is 2.45. The van der Waals surface area contributed by atoms with Crippen molar-refractivity contribution in [3.8, 4) is 0 Å². The highest BCUT2D eigenvalue weighted by molar-refractivity contribution is 7.15. The first-order chi connectivity index (χ1) is 8.23. The third-order valence-electron chi connectivity index (χ3n) is 3.79. The van der Waals surface area contributed by atoms with Gasteiger partial charge in [0.2, 0.25) is 5.91 Å². The number of fused-ring (bicyclic) bond motifs is 1. The zero-order valence-electron chi connectivity index (χ0n) is 9.79. The van der Waals surface area contributed by atoms with Crippen molar-refractivity contribution < 1.29 is 4.79 Å². The van der Waals surface area contributed by atoms with Gasteiger partial charge in [-0.2, -0.15) is 0 Å². The van der Waals surface area contributed by atoms with Crippen molar-refractivity contribution in [2.45, 2.75) is 38.5 Å². The van der Waals surface area contributed by atoms with Crippen molar-refractivity contribution in [3.63, 3.8) is 0 Å². The number of rotatable bonds is 3. The Bertz CT molecular complexity index is 427. The van der Waals surface area contributed by atoms with Crippen molar-refractivity contribution in [2.24, 2.45) is 11.1 Å². The van der Waals surface area contributed by atoms with Gasteiger partial charge >= 0.3 is 0 Å². The SMILES string of the molecule is NCC1(C(=O)Nc2nc3c(s2)CCCC3)CC1. The molecule has 2 aliphatic rings. The Hall–Kier alpha value is -0.940. The Morgan fingerprint density at radius 3 is 2.82 bits per heavy atom. The minimum absolute atomic E-state index is 0.0612. The number of hydrogen-bond acceptors (Lipinski definition) is 4. The number of nitrogens with two attached hydrogens (primary N) is 1. The number of aromatic nitrogens is 1. The van der Waals surface area contributed by atoms with Crippen LogP contribution in [-0.4, -0.2) is 17.4 Å². The first-order valence-electron chi connectivity index (χ1n) is 6.24. The van der Waals surface area contributed by atoms with E-state index in [0.29, 0.717) is 6.54 Å². The first-order valence-corrected chi connectivity index (χ1v) is 7.05. The van der Waals surface area contributed by atoms with Gasteiger partial charge in [0, 0.05) is 11.4 Å². The Balaban J connectivity index is 1.73. The monoisotopic (exact) mass is 251 g/mol. The molecule has 5 heteroatoms. The molecule has 17 heavy (non-hydrogen) atoms. The second-order valence-electron chi connectivity index (χ2n) is 5.03. The van der Waals surface area contributed by atoms with Gasteiger partial charge in [0.1, 0.15) is 0 Å². The molecule has 0 spiro atoms. The number of aryl methyl sites for hydroxylation is 2. The average Bonchev–Trinajstić information content (AvgIpc) is 3.04. The van der Waals surface area contributed by atoms with Crippen molar-refractivity contribution in [1.82, 2.24) is 4.98 Å². The number of anilines is 1. The molecule has 0 unspecified atom stereocenters. The number of amides is 1. The second kappa shape index (κ2) is 4.07. The summed E-state index contributed by atoms with van der Waals surface area (Å²) in [5.74, 6) is 0.0612. The van der Waals surface area contributed by atoms with Gasteiger partial charge in [-0.15, -0.1) is 11.3 Å². The minimum Gasteiger partial charge on any atom is -0.329 e. The van der Waals surface area contributed by atoms with Crippen molar-refractivity contribution in [2.75, 3.05) is 11.9 Å². The van der Waals surface area contributed by atoms with Gasteiger partial charge in [-0.3, -0.25) is 4.79 Å². The summed E-state index contributed by atoms with van der Waals surface area (Å²) in [6.07, 6.45) is 6.47. The molecule has 0 bridgehead atoms. The predicted molar refractivity (Wildman–Crippen MR) is 68.1 cm³/mol. The van der Waals surface area contributed by atoms with E-state index in [4.69, 9.17) is 5.73 Å². The smallest absolute Gasteiger partial charge is 0.233 e. The Morgan fingerprint density at radius 1 is 1.41 bits per heavy atom.